The van der Waals surface area contributed by atoms with Crippen molar-refractivity contribution in [2.24, 2.45) is 14.1 Å². The van der Waals surface area contributed by atoms with Crippen LogP contribution in [0.15, 0.2) is 24.8 Å². The van der Waals surface area contributed by atoms with Gasteiger partial charge in [0, 0.05) is 53.1 Å². The minimum Gasteiger partial charge on any atom is -0.477 e. The molecule has 0 aromatic carbocycles. The second-order valence-electron chi connectivity index (χ2n) is 11.7. The maximum absolute atomic E-state index is 12.4. The molecular formula is C29H35N11O5. The summed E-state index contributed by atoms with van der Waals surface area (Å²) in [4.78, 5) is 61.9. The molecule has 0 aliphatic rings. The summed E-state index contributed by atoms with van der Waals surface area (Å²) in [6.07, 6.45) is 2.76. The number of amides is 2. The van der Waals surface area contributed by atoms with Crippen LogP contribution in [0, 0.1) is 0 Å². The molecule has 0 fully saturated rings. The third-order valence-electron chi connectivity index (χ3n) is 6.94. The SMILES string of the molecule is CN(C(=O)OC(C)(C)C)c1nc2[nH]c(C(=O)O)cc2c2c1ncn2C.CNc1nc2[nH]c(C(=O)N(C)C)cc2c2c1ncn2C. The second-order valence-corrected chi connectivity index (χ2v) is 11.7. The molecule has 0 radical (unpaired) electrons. The summed E-state index contributed by atoms with van der Waals surface area (Å²) >= 11 is 0. The molecule has 16 nitrogen and oxygen atoms in total. The van der Waals surface area contributed by atoms with Gasteiger partial charge in [0.05, 0.1) is 23.7 Å². The fraction of sp³-hybridized carbons (Fsp3) is 0.345. The molecule has 16 heteroatoms. The highest BCUT2D eigenvalue weighted by molar-refractivity contribution is 6.11. The number of carbonyl (C=O) groups is 3. The number of aromatic nitrogens is 8. The van der Waals surface area contributed by atoms with E-state index in [2.05, 4.69) is 35.2 Å². The van der Waals surface area contributed by atoms with E-state index in [9.17, 15) is 19.5 Å². The summed E-state index contributed by atoms with van der Waals surface area (Å²) in [5.74, 6) is -0.186. The predicted molar refractivity (Wildman–Crippen MR) is 170 cm³/mol. The van der Waals surface area contributed by atoms with Gasteiger partial charge in [-0.3, -0.25) is 9.69 Å². The van der Waals surface area contributed by atoms with Crippen molar-refractivity contribution in [3.05, 3.63) is 36.2 Å². The number of H-pyrrole nitrogens is 2. The van der Waals surface area contributed by atoms with Gasteiger partial charge in [0.15, 0.2) is 11.6 Å². The molecule has 6 heterocycles. The molecule has 0 aliphatic heterocycles. The van der Waals surface area contributed by atoms with E-state index in [1.54, 1.807) is 66.2 Å². The normalized spacial score (nSPS) is 11.6. The van der Waals surface area contributed by atoms with Crippen LogP contribution in [0.4, 0.5) is 16.4 Å². The predicted octanol–water partition coefficient (Wildman–Crippen LogP) is 3.71. The Bertz CT molecular complexity index is 2110. The average Bonchev–Trinajstić information content (AvgIpc) is 3.75. The largest absolute Gasteiger partial charge is 0.477 e. The minimum atomic E-state index is -1.09. The summed E-state index contributed by atoms with van der Waals surface area (Å²) in [7, 11) is 10.5. The van der Waals surface area contributed by atoms with Gasteiger partial charge in [-0.25, -0.2) is 29.5 Å². The first kappa shape index (κ1) is 30.8. The molecule has 4 N–H and O–H groups in total. The standard InChI is InChI=1S/C16H19N5O4.C13H16N6O/c1-16(2,3)25-15(24)21(5)13-10-11(20(4)7-17-10)8-6-9(14(22)23)18-12(8)19-13;1-14-12-9-10(19(4)6-15-9)7-5-8(13(20)18(2)3)16-11(7)17-12/h6-7H,1-5H3,(H,18,19)(H,22,23);5-6H,1-4H3,(H2,14,16,17). The second kappa shape index (κ2) is 11.1. The van der Waals surface area contributed by atoms with Gasteiger partial charge < -0.3 is 39.2 Å². The lowest BCUT2D eigenvalue weighted by Crippen LogP contribution is -2.34. The molecule has 0 saturated heterocycles. The number of anilines is 2. The van der Waals surface area contributed by atoms with E-state index < -0.39 is 17.7 Å². The summed E-state index contributed by atoms with van der Waals surface area (Å²) in [6.45, 7) is 5.32. The van der Waals surface area contributed by atoms with Crippen molar-refractivity contribution in [1.82, 2.24) is 43.9 Å². The number of hydrogen-bond acceptors (Lipinski definition) is 9. The van der Waals surface area contributed by atoms with E-state index >= 15 is 0 Å². The monoisotopic (exact) mass is 617 g/mol. The zero-order valence-electron chi connectivity index (χ0n) is 26.5. The zero-order chi connectivity index (χ0) is 33.0. The smallest absolute Gasteiger partial charge is 0.415 e. The lowest BCUT2D eigenvalue weighted by atomic mass is 10.2. The van der Waals surface area contributed by atoms with Crippen molar-refractivity contribution in [1.29, 1.82) is 0 Å². The van der Waals surface area contributed by atoms with Crippen LogP contribution in [0.3, 0.4) is 0 Å². The van der Waals surface area contributed by atoms with Gasteiger partial charge in [-0.15, -0.1) is 0 Å². The lowest BCUT2D eigenvalue weighted by molar-refractivity contribution is 0.0587. The van der Waals surface area contributed by atoms with Crippen molar-refractivity contribution in [3.8, 4) is 0 Å². The summed E-state index contributed by atoms with van der Waals surface area (Å²) in [6, 6.07) is 3.33. The Labute approximate surface area is 257 Å². The van der Waals surface area contributed by atoms with E-state index in [1.807, 2.05) is 17.7 Å². The van der Waals surface area contributed by atoms with Crippen LogP contribution < -0.4 is 10.2 Å². The zero-order valence-corrected chi connectivity index (χ0v) is 26.5. The Morgan fingerprint density at radius 1 is 0.889 bits per heavy atom. The maximum Gasteiger partial charge on any atom is 0.415 e. The number of hydrogen-bond donors (Lipinski definition) is 4. The van der Waals surface area contributed by atoms with Gasteiger partial charge in [-0.05, 0) is 32.9 Å². The highest BCUT2D eigenvalue weighted by Gasteiger charge is 2.26. The van der Waals surface area contributed by atoms with Crippen LogP contribution in [0.25, 0.3) is 44.1 Å². The third kappa shape index (κ3) is 5.57. The summed E-state index contributed by atoms with van der Waals surface area (Å²) in [5.41, 5.74) is 3.84. The van der Waals surface area contributed by atoms with Crippen LogP contribution in [-0.2, 0) is 18.8 Å². The highest BCUT2D eigenvalue weighted by Crippen LogP contribution is 2.31. The number of nitrogens with one attached hydrogen (secondary N) is 3. The van der Waals surface area contributed by atoms with E-state index in [1.165, 1.54) is 22.9 Å². The number of carboxylic acids is 1. The first-order valence-electron chi connectivity index (χ1n) is 13.9. The fourth-order valence-corrected chi connectivity index (χ4v) is 4.88. The molecule has 0 unspecified atom stereocenters. The molecule has 45 heavy (non-hydrogen) atoms. The van der Waals surface area contributed by atoms with Crippen LogP contribution in [-0.4, -0.2) is 101 Å². The quantitative estimate of drug-likeness (QED) is 0.227. The van der Waals surface area contributed by atoms with Crippen LogP contribution in [0.5, 0.6) is 0 Å². The number of aromatic carboxylic acids is 1. The average molecular weight is 618 g/mol. The minimum absolute atomic E-state index is 0.0158. The molecule has 6 aromatic heterocycles. The Kier molecular flexibility index (Phi) is 7.60. The van der Waals surface area contributed by atoms with Crippen molar-refractivity contribution in [2.75, 3.05) is 38.4 Å². The first-order chi connectivity index (χ1) is 21.1. The lowest BCUT2D eigenvalue weighted by Gasteiger charge is -2.24. The highest BCUT2D eigenvalue weighted by atomic mass is 16.6. The number of aryl methyl sites for hydroxylation is 2. The van der Waals surface area contributed by atoms with Crippen LogP contribution >= 0.6 is 0 Å². The topological polar surface area (TPSA) is 192 Å². The molecule has 2 amide bonds. The first-order valence-corrected chi connectivity index (χ1v) is 13.9. The van der Waals surface area contributed by atoms with Gasteiger partial charge in [0.2, 0.25) is 0 Å². The van der Waals surface area contributed by atoms with Crippen molar-refractivity contribution in [2.45, 2.75) is 26.4 Å². The van der Waals surface area contributed by atoms with Crippen LogP contribution in [0.2, 0.25) is 0 Å². The van der Waals surface area contributed by atoms with Gasteiger partial charge in [0.1, 0.15) is 39.3 Å². The molecule has 6 aromatic rings. The van der Waals surface area contributed by atoms with Crippen LogP contribution in [0.1, 0.15) is 41.7 Å². The molecule has 6 rings (SSSR count). The molecular weight excluding hydrogens is 582 g/mol. The van der Waals surface area contributed by atoms with Gasteiger partial charge >= 0.3 is 12.1 Å². The summed E-state index contributed by atoms with van der Waals surface area (Å²) in [5, 5.41) is 13.8. The number of pyridine rings is 2. The number of rotatable bonds is 4. The maximum atomic E-state index is 12.4. The number of carboxylic acid groups (broad SMARTS) is 1. The Hall–Kier alpha value is -5.67. The number of nitrogens with zero attached hydrogens (tertiary/aromatic N) is 8. The Morgan fingerprint density at radius 2 is 1.42 bits per heavy atom. The van der Waals surface area contributed by atoms with E-state index in [-0.39, 0.29) is 17.4 Å². The van der Waals surface area contributed by atoms with Crippen molar-refractivity contribution < 1.29 is 24.2 Å². The Balaban J connectivity index is 0.000000182. The Morgan fingerprint density at radius 3 is 1.98 bits per heavy atom. The van der Waals surface area contributed by atoms with Gasteiger partial charge in [-0.1, -0.05) is 0 Å². The molecule has 0 bridgehead atoms. The molecule has 0 spiro atoms. The van der Waals surface area contributed by atoms with Crippen molar-refractivity contribution >= 4 is 73.7 Å². The molecule has 0 saturated carbocycles. The van der Waals surface area contributed by atoms with Gasteiger partial charge in [-0.2, -0.15) is 0 Å². The molecule has 236 valence electrons. The fourth-order valence-electron chi connectivity index (χ4n) is 4.88. The third-order valence-corrected chi connectivity index (χ3v) is 6.94. The van der Waals surface area contributed by atoms with E-state index in [4.69, 9.17) is 4.74 Å². The van der Waals surface area contributed by atoms with Crippen molar-refractivity contribution in [3.63, 3.8) is 0 Å². The molecule has 0 atom stereocenters. The van der Waals surface area contributed by atoms with E-state index in [0.717, 1.165) is 16.4 Å². The number of fused-ring (bicyclic) bond motifs is 6. The number of ether oxygens (including phenoxy) is 1. The number of imidazole rings is 2. The summed E-state index contributed by atoms with van der Waals surface area (Å²) < 4.78 is 9.06. The van der Waals surface area contributed by atoms with Gasteiger partial charge in [0.25, 0.3) is 5.91 Å². The number of aromatic amines is 2. The number of carbonyl (C=O) groups excluding carboxylic acids is 2. The molecule has 0 aliphatic carbocycles. The van der Waals surface area contributed by atoms with E-state index in [0.29, 0.717) is 39.2 Å².